The maximum absolute atomic E-state index is 11.6. The lowest BCUT2D eigenvalue weighted by molar-refractivity contribution is 0.0697. The number of carbonyl (C=O) groups is 2. The van der Waals surface area contributed by atoms with E-state index in [1.807, 2.05) is 25.1 Å². The normalized spacial score (nSPS) is 9.72. The molecule has 2 amide bonds. The summed E-state index contributed by atoms with van der Waals surface area (Å²) in [5, 5.41) is 14.6. The molecular weight excluding hydrogens is 455 g/mol. The Kier molecular flexibility index (Phi) is 14.6. The van der Waals surface area contributed by atoms with Gasteiger partial charge in [0, 0.05) is 23.5 Å². The van der Waals surface area contributed by atoms with Crippen molar-refractivity contribution in [2.24, 2.45) is 0 Å². The first-order valence-corrected chi connectivity index (χ1v) is 10.5. The van der Waals surface area contributed by atoms with E-state index in [9.17, 15) is 9.59 Å². The molecule has 2 rings (SSSR count). The van der Waals surface area contributed by atoms with Crippen LogP contribution in [0.25, 0.3) is 0 Å². The van der Waals surface area contributed by atoms with E-state index in [1.165, 1.54) is 25.7 Å². The van der Waals surface area contributed by atoms with Gasteiger partial charge < -0.3 is 21.9 Å². The number of urea groups is 1. The van der Waals surface area contributed by atoms with E-state index >= 15 is 0 Å². The minimum atomic E-state index is -1.21. The van der Waals surface area contributed by atoms with Gasteiger partial charge in [0.2, 0.25) is 5.95 Å². The van der Waals surface area contributed by atoms with Crippen molar-refractivity contribution in [1.82, 2.24) is 15.3 Å². The number of amides is 2. The van der Waals surface area contributed by atoms with Crippen LogP contribution in [0.4, 0.5) is 22.2 Å². The van der Waals surface area contributed by atoms with Gasteiger partial charge in [0.05, 0.1) is 0 Å². The second kappa shape index (κ2) is 15.9. The molecular formula is C21H32Cl2N6O3. The third-order valence-electron chi connectivity index (χ3n) is 4.40. The number of nitrogens with zero attached hydrogens (tertiary/aromatic N) is 2. The van der Waals surface area contributed by atoms with Crippen LogP contribution in [0.2, 0.25) is 5.02 Å². The number of carboxylic acid groups (broad SMARTS) is 1. The van der Waals surface area contributed by atoms with Crippen LogP contribution in [0.3, 0.4) is 0 Å². The van der Waals surface area contributed by atoms with E-state index in [1.54, 1.807) is 0 Å². The zero-order chi connectivity index (χ0) is 23.2. The van der Waals surface area contributed by atoms with Crippen molar-refractivity contribution in [3.63, 3.8) is 0 Å². The SMILES string of the molecule is CCCCCCCCNC(=O)Nc1ncc(C(=O)O)c(N)n1.Cc1c(N)cccc1Cl.Cl. The Morgan fingerprint density at radius 2 is 1.78 bits per heavy atom. The van der Waals surface area contributed by atoms with Crippen LogP contribution in [0.15, 0.2) is 24.4 Å². The zero-order valence-electron chi connectivity index (χ0n) is 18.4. The van der Waals surface area contributed by atoms with E-state index in [2.05, 4.69) is 27.5 Å². The molecule has 11 heteroatoms. The number of nitrogens with one attached hydrogen (secondary N) is 2. The number of aromatic nitrogens is 2. The van der Waals surface area contributed by atoms with Crippen LogP contribution in [0.1, 0.15) is 61.4 Å². The summed E-state index contributed by atoms with van der Waals surface area (Å²) in [6, 6.07) is 5.06. The molecule has 0 spiro atoms. The third kappa shape index (κ3) is 11.0. The van der Waals surface area contributed by atoms with Crippen molar-refractivity contribution in [3.8, 4) is 0 Å². The molecule has 0 saturated heterocycles. The summed E-state index contributed by atoms with van der Waals surface area (Å²) in [7, 11) is 0. The fourth-order valence-corrected chi connectivity index (χ4v) is 2.68. The van der Waals surface area contributed by atoms with Crippen LogP contribution in [0.5, 0.6) is 0 Å². The van der Waals surface area contributed by atoms with E-state index in [-0.39, 0.29) is 29.7 Å². The number of carbonyl (C=O) groups excluding carboxylic acids is 1. The lowest BCUT2D eigenvalue weighted by atomic mass is 10.1. The van der Waals surface area contributed by atoms with Gasteiger partial charge in [-0.2, -0.15) is 4.98 Å². The number of rotatable bonds is 9. The smallest absolute Gasteiger partial charge is 0.341 e. The molecule has 1 aromatic carbocycles. The lowest BCUT2D eigenvalue weighted by Gasteiger charge is -2.07. The number of aromatic carboxylic acids is 1. The Bertz CT molecular complexity index is 847. The summed E-state index contributed by atoms with van der Waals surface area (Å²) in [6.07, 6.45) is 7.92. The number of unbranched alkanes of at least 4 members (excludes halogenated alkanes) is 5. The average Bonchev–Trinajstić information content (AvgIpc) is 2.71. The van der Waals surface area contributed by atoms with Crippen molar-refractivity contribution in [2.75, 3.05) is 23.3 Å². The fourth-order valence-electron chi connectivity index (χ4n) is 2.50. The monoisotopic (exact) mass is 486 g/mol. The van der Waals surface area contributed by atoms with Gasteiger partial charge in [-0.3, -0.25) is 5.32 Å². The van der Waals surface area contributed by atoms with Gasteiger partial charge in [0.1, 0.15) is 11.4 Å². The summed E-state index contributed by atoms with van der Waals surface area (Å²) in [5.41, 5.74) is 12.5. The van der Waals surface area contributed by atoms with E-state index in [0.717, 1.165) is 35.3 Å². The Balaban J connectivity index is 0.000000803. The first-order chi connectivity index (χ1) is 14.8. The van der Waals surface area contributed by atoms with Gasteiger partial charge in [-0.05, 0) is 31.0 Å². The number of halogens is 2. The van der Waals surface area contributed by atoms with E-state index in [4.69, 9.17) is 28.2 Å². The summed E-state index contributed by atoms with van der Waals surface area (Å²) >= 11 is 5.73. The van der Waals surface area contributed by atoms with Gasteiger partial charge >= 0.3 is 12.0 Å². The highest BCUT2D eigenvalue weighted by Gasteiger charge is 2.12. The van der Waals surface area contributed by atoms with Gasteiger partial charge in [-0.15, -0.1) is 12.4 Å². The van der Waals surface area contributed by atoms with Crippen molar-refractivity contribution in [2.45, 2.75) is 52.4 Å². The molecule has 7 N–H and O–H groups in total. The molecule has 0 aliphatic heterocycles. The molecule has 0 saturated carbocycles. The van der Waals surface area contributed by atoms with Gasteiger partial charge in [-0.25, -0.2) is 14.6 Å². The van der Waals surface area contributed by atoms with Gasteiger partial charge in [0.25, 0.3) is 0 Å². The van der Waals surface area contributed by atoms with Crippen LogP contribution >= 0.6 is 24.0 Å². The van der Waals surface area contributed by atoms with Crippen molar-refractivity contribution in [3.05, 3.63) is 40.5 Å². The third-order valence-corrected chi connectivity index (χ3v) is 4.81. The average molecular weight is 487 g/mol. The highest BCUT2D eigenvalue weighted by Crippen LogP contribution is 2.19. The van der Waals surface area contributed by atoms with E-state index in [0.29, 0.717) is 6.54 Å². The number of nitrogen functional groups attached to an aromatic ring is 2. The molecule has 9 nitrogen and oxygen atoms in total. The minimum absolute atomic E-state index is 0. The lowest BCUT2D eigenvalue weighted by Crippen LogP contribution is -2.30. The number of benzene rings is 1. The predicted octanol–water partition coefficient (Wildman–Crippen LogP) is 4.89. The van der Waals surface area contributed by atoms with Crippen LogP contribution in [-0.4, -0.2) is 33.6 Å². The van der Waals surface area contributed by atoms with Crippen molar-refractivity contribution >= 4 is 53.5 Å². The first kappa shape index (κ1) is 29.2. The maximum Gasteiger partial charge on any atom is 0.341 e. The topological polar surface area (TPSA) is 156 Å². The number of carboxylic acids is 1. The molecule has 2 aromatic rings. The van der Waals surface area contributed by atoms with Crippen LogP contribution < -0.4 is 22.1 Å². The highest BCUT2D eigenvalue weighted by atomic mass is 35.5. The quantitative estimate of drug-likeness (QED) is 0.249. The second-order valence-corrected chi connectivity index (χ2v) is 7.31. The molecule has 0 aliphatic rings. The molecule has 1 aromatic heterocycles. The number of anilines is 3. The predicted molar refractivity (Wildman–Crippen MR) is 132 cm³/mol. The van der Waals surface area contributed by atoms with Crippen molar-refractivity contribution < 1.29 is 14.7 Å². The van der Waals surface area contributed by atoms with Crippen LogP contribution in [0, 0.1) is 6.92 Å². The van der Waals surface area contributed by atoms with Crippen LogP contribution in [-0.2, 0) is 0 Å². The molecule has 1 heterocycles. The molecule has 178 valence electrons. The largest absolute Gasteiger partial charge is 0.477 e. The summed E-state index contributed by atoms with van der Waals surface area (Å²) < 4.78 is 0. The summed E-state index contributed by atoms with van der Waals surface area (Å²) in [5.74, 6) is -1.42. The molecule has 0 radical (unpaired) electrons. The first-order valence-electron chi connectivity index (χ1n) is 10.2. The molecule has 32 heavy (non-hydrogen) atoms. The number of hydrogen-bond donors (Lipinski definition) is 5. The Morgan fingerprint density at radius 3 is 2.34 bits per heavy atom. The minimum Gasteiger partial charge on any atom is -0.477 e. The molecule has 0 unspecified atom stereocenters. The molecule has 0 aliphatic carbocycles. The number of hydrogen-bond acceptors (Lipinski definition) is 6. The van der Waals surface area contributed by atoms with Gasteiger partial charge in [0.15, 0.2) is 0 Å². The Hall–Kier alpha value is -2.78. The molecule has 0 atom stereocenters. The molecule has 0 fully saturated rings. The second-order valence-electron chi connectivity index (χ2n) is 6.90. The fraction of sp³-hybridized carbons (Fsp3) is 0.429. The summed E-state index contributed by atoms with van der Waals surface area (Å²) in [4.78, 5) is 29.8. The van der Waals surface area contributed by atoms with E-state index < -0.39 is 12.0 Å². The Morgan fingerprint density at radius 1 is 1.12 bits per heavy atom. The summed E-state index contributed by atoms with van der Waals surface area (Å²) in [6.45, 7) is 4.64. The maximum atomic E-state index is 11.6. The standard InChI is InChI=1S/C14H23N5O3.C7H8ClN.ClH/c1-2-3-4-5-6-7-8-16-14(22)19-13-17-9-10(12(20)21)11(15)18-13;1-5-6(8)3-2-4-7(5)9;/h9H,2-8H2,1H3,(H,20,21)(H4,15,16,17,18,19,22);2-4H,9H2,1H3;1H. The highest BCUT2D eigenvalue weighted by molar-refractivity contribution is 6.31. The zero-order valence-corrected chi connectivity index (χ0v) is 19.9. The Labute approximate surface area is 199 Å². The molecule has 0 bridgehead atoms. The van der Waals surface area contributed by atoms with Gasteiger partial charge in [-0.1, -0.05) is 56.7 Å². The number of nitrogens with two attached hydrogens (primary N) is 2. The van der Waals surface area contributed by atoms with Crippen molar-refractivity contribution in [1.29, 1.82) is 0 Å².